The van der Waals surface area contributed by atoms with E-state index >= 15 is 0 Å². The predicted molar refractivity (Wildman–Crippen MR) is 119 cm³/mol. The monoisotopic (exact) mass is 460 g/mol. The lowest BCUT2D eigenvalue weighted by molar-refractivity contribution is 0.417. The molecule has 0 unspecified atom stereocenters. The van der Waals surface area contributed by atoms with E-state index in [1.807, 2.05) is 24.3 Å². The lowest BCUT2D eigenvalue weighted by atomic mass is 10.2. The molecule has 0 bridgehead atoms. The highest BCUT2D eigenvalue weighted by molar-refractivity contribution is 7.98. The van der Waals surface area contributed by atoms with Gasteiger partial charge >= 0.3 is 0 Å². The molecule has 154 valence electrons. The normalized spacial score (nSPS) is 11.5. The molecule has 0 saturated carbocycles. The second-order valence-corrected chi connectivity index (χ2v) is 9.38. The number of methoxy groups -OCH3 is 1. The zero-order chi connectivity index (χ0) is 21.1. The van der Waals surface area contributed by atoms with Gasteiger partial charge in [-0.15, -0.1) is 0 Å². The van der Waals surface area contributed by atoms with Crippen LogP contribution in [0.1, 0.15) is 5.56 Å². The van der Waals surface area contributed by atoms with Crippen LogP contribution in [0, 0.1) is 0 Å². The van der Waals surface area contributed by atoms with Crippen molar-refractivity contribution >= 4 is 50.2 Å². The van der Waals surface area contributed by atoms with E-state index in [9.17, 15) is 8.42 Å². The van der Waals surface area contributed by atoms with Crippen molar-refractivity contribution in [1.29, 1.82) is 0 Å². The van der Waals surface area contributed by atoms with E-state index in [4.69, 9.17) is 20.8 Å². The van der Waals surface area contributed by atoms with Gasteiger partial charge in [0.15, 0.2) is 5.58 Å². The second kappa shape index (κ2) is 8.59. The molecule has 0 aliphatic rings. The number of hydrogen-bond donors (Lipinski definition) is 1. The number of oxazole rings is 1. The molecule has 1 heterocycles. The zero-order valence-electron chi connectivity index (χ0n) is 15.8. The summed E-state index contributed by atoms with van der Waals surface area (Å²) in [7, 11) is -2.33. The molecular formula is C21H17ClN2O4S2. The first-order valence-electron chi connectivity index (χ1n) is 8.88. The molecular weight excluding hydrogens is 444 g/mol. The van der Waals surface area contributed by atoms with E-state index in [1.165, 1.54) is 31.0 Å². The van der Waals surface area contributed by atoms with E-state index in [0.717, 1.165) is 5.56 Å². The van der Waals surface area contributed by atoms with Crippen LogP contribution in [0.4, 0.5) is 5.69 Å². The molecule has 1 N–H and O–H groups in total. The first kappa shape index (κ1) is 20.6. The number of nitrogens with one attached hydrogen (secondary N) is 1. The van der Waals surface area contributed by atoms with Crippen molar-refractivity contribution in [3.8, 4) is 5.75 Å². The summed E-state index contributed by atoms with van der Waals surface area (Å²) in [5.41, 5.74) is 2.43. The number of para-hydroxylation sites is 2. The van der Waals surface area contributed by atoms with Crippen molar-refractivity contribution < 1.29 is 17.6 Å². The third kappa shape index (κ3) is 4.56. The summed E-state index contributed by atoms with van der Waals surface area (Å²) >= 11 is 7.33. The number of sulfonamides is 1. The Hall–Kier alpha value is -2.68. The van der Waals surface area contributed by atoms with E-state index in [0.29, 0.717) is 38.5 Å². The first-order chi connectivity index (χ1) is 14.4. The van der Waals surface area contributed by atoms with Crippen LogP contribution in [0.15, 0.2) is 81.3 Å². The van der Waals surface area contributed by atoms with Gasteiger partial charge in [0, 0.05) is 10.8 Å². The van der Waals surface area contributed by atoms with Crippen LogP contribution in [0.2, 0.25) is 5.02 Å². The Kier molecular flexibility index (Phi) is 5.90. The van der Waals surface area contributed by atoms with Gasteiger partial charge in [0.25, 0.3) is 15.2 Å². The number of nitrogens with zero attached hydrogens (tertiary/aromatic N) is 1. The Labute approximate surface area is 183 Å². The summed E-state index contributed by atoms with van der Waals surface area (Å²) < 4.78 is 39.1. The lowest BCUT2D eigenvalue weighted by Crippen LogP contribution is -2.13. The van der Waals surface area contributed by atoms with Crippen LogP contribution >= 0.6 is 23.4 Å². The molecule has 6 nitrogen and oxygen atoms in total. The van der Waals surface area contributed by atoms with Crippen LogP contribution in [-0.2, 0) is 15.8 Å². The van der Waals surface area contributed by atoms with Crippen LogP contribution in [0.3, 0.4) is 0 Å². The van der Waals surface area contributed by atoms with Gasteiger partial charge in [0.2, 0.25) is 0 Å². The third-order valence-electron chi connectivity index (χ3n) is 4.28. The molecule has 0 fully saturated rings. The Balaban J connectivity index is 1.54. The quantitative estimate of drug-likeness (QED) is 0.362. The number of thioether (sulfide) groups is 1. The number of fused-ring (bicyclic) bond motifs is 1. The van der Waals surface area contributed by atoms with Crippen molar-refractivity contribution in [1.82, 2.24) is 4.98 Å². The molecule has 0 aliphatic carbocycles. The molecule has 0 radical (unpaired) electrons. The number of anilines is 1. The van der Waals surface area contributed by atoms with Gasteiger partial charge in [-0.05, 0) is 48.0 Å². The van der Waals surface area contributed by atoms with Gasteiger partial charge in [-0.3, -0.25) is 4.72 Å². The maximum Gasteiger partial charge on any atom is 0.262 e. The van der Waals surface area contributed by atoms with Gasteiger partial charge in [0.05, 0.1) is 17.7 Å². The Bertz CT molecular complexity index is 1290. The van der Waals surface area contributed by atoms with Crippen molar-refractivity contribution in [2.75, 3.05) is 11.8 Å². The number of aromatic nitrogens is 1. The van der Waals surface area contributed by atoms with E-state index in [-0.39, 0.29) is 4.90 Å². The standard InChI is InChI=1S/C21H17ClN2O4S2/c1-27-19-5-3-2-4-17(19)24-30(25,26)16-10-11-20-18(12-16)23-21(28-20)29-13-14-6-8-15(22)9-7-14/h2-12,24H,13H2,1H3. The number of hydrogen-bond acceptors (Lipinski definition) is 6. The molecule has 4 aromatic rings. The van der Waals surface area contributed by atoms with E-state index in [2.05, 4.69) is 9.71 Å². The molecule has 1 aromatic heterocycles. The van der Waals surface area contributed by atoms with Crippen LogP contribution in [0.25, 0.3) is 11.1 Å². The first-order valence-corrected chi connectivity index (χ1v) is 11.7. The summed E-state index contributed by atoms with van der Waals surface area (Å²) in [6.45, 7) is 0. The molecule has 0 spiro atoms. The van der Waals surface area contributed by atoms with Gasteiger partial charge in [-0.25, -0.2) is 13.4 Å². The molecule has 0 atom stereocenters. The van der Waals surface area contributed by atoms with Crippen molar-refractivity contribution in [2.45, 2.75) is 15.9 Å². The van der Waals surface area contributed by atoms with Crippen molar-refractivity contribution in [3.05, 3.63) is 77.3 Å². The van der Waals surface area contributed by atoms with Crippen LogP contribution in [-0.4, -0.2) is 20.5 Å². The Morgan fingerprint density at radius 1 is 1.10 bits per heavy atom. The highest BCUT2D eigenvalue weighted by Gasteiger charge is 2.18. The Morgan fingerprint density at radius 2 is 1.87 bits per heavy atom. The molecule has 0 amide bonds. The average molecular weight is 461 g/mol. The second-order valence-electron chi connectivity index (χ2n) is 6.33. The minimum atomic E-state index is -3.82. The molecule has 9 heteroatoms. The average Bonchev–Trinajstić information content (AvgIpc) is 3.16. The topological polar surface area (TPSA) is 81.4 Å². The van der Waals surface area contributed by atoms with Gasteiger partial charge in [-0.1, -0.05) is 47.6 Å². The fourth-order valence-electron chi connectivity index (χ4n) is 2.77. The summed E-state index contributed by atoms with van der Waals surface area (Å²) in [6.07, 6.45) is 0. The van der Waals surface area contributed by atoms with E-state index < -0.39 is 10.0 Å². The number of ether oxygens (including phenoxy) is 1. The third-order valence-corrected chi connectivity index (χ3v) is 6.79. The smallest absolute Gasteiger partial charge is 0.262 e. The minimum absolute atomic E-state index is 0.0865. The number of benzene rings is 3. The molecule has 0 aliphatic heterocycles. The number of halogens is 1. The van der Waals surface area contributed by atoms with Crippen LogP contribution < -0.4 is 9.46 Å². The van der Waals surface area contributed by atoms with Crippen LogP contribution in [0.5, 0.6) is 5.75 Å². The van der Waals surface area contributed by atoms with Crippen molar-refractivity contribution in [3.63, 3.8) is 0 Å². The van der Waals surface area contributed by atoms with Gasteiger partial charge in [0.1, 0.15) is 11.3 Å². The SMILES string of the molecule is COc1ccccc1NS(=O)(=O)c1ccc2oc(SCc3ccc(Cl)cc3)nc2c1. The van der Waals surface area contributed by atoms with E-state index in [1.54, 1.807) is 30.3 Å². The maximum absolute atomic E-state index is 12.8. The molecule has 30 heavy (non-hydrogen) atoms. The summed E-state index contributed by atoms with van der Waals surface area (Å²) in [6, 6.07) is 18.9. The van der Waals surface area contributed by atoms with Crippen molar-refractivity contribution in [2.24, 2.45) is 0 Å². The largest absolute Gasteiger partial charge is 0.495 e. The lowest BCUT2D eigenvalue weighted by Gasteiger charge is -2.11. The highest BCUT2D eigenvalue weighted by atomic mass is 35.5. The maximum atomic E-state index is 12.8. The summed E-state index contributed by atoms with van der Waals surface area (Å²) in [4.78, 5) is 4.50. The highest BCUT2D eigenvalue weighted by Crippen LogP contribution is 2.30. The van der Waals surface area contributed by atoms with Gasteiger partial charge < -0.3 is 9.15 Å². The summed E-state index contributed by atoms with van der Waals surface area (Å²) in [5, 5.41) is 1.15. The predicted octanol–water partition coefficient (Wildman–Crippen LogP) is 5.58. The number of rotatable bonds is 7. The Morgan fingerprint density at radius 3 is 2.63 bits per heavy atom. The molecule has 4 rings (SSSR count). The summed E-state index contributed by atoms with van der Waals surface area (Å²) in [5.74, 6) is 1.09. The van der Waals surface area contributed by atoms with Gasteiger partial charge in [-0.2, -0.15) is 0 Å². The minimum Gasteiger partial charge on any atom is -0.495 e. The molecule has 0 saturated heterocycles. The fraction of sp³-hybridized carbons (Fsp3) is 0.0952. The zero-order valence-corrected chi connectivity index (χ0v) is 18.2. The molecule has 3 aromatic carbocycles. The fourth-order valence-corrected chi connectivity index (χ4v) is 4.78.